The van der Waals surface area contributed by atoms with E-state index < -0.39 is 15.1 Å². The average molecular weight is 281 g/mol. The van der Waals surface area contributed by atoms with E-state index in [0.717, 1.165) is 0 Å². The van der Waals surface area contributed by atoms with Crippen LogP contribution in [0.3, 0.4) is 0 Å². The number of halogens is 2. The van der Waals surface area contributed by atoms with Crippen molar-refractivity contribution in [3.63, 3.8) is 0 Å². The maximum absolute atomic E-state index is 11.8. The molecule has 0 heterocycles. The van der Waals surface area contributed by atoms with Crippen molar-refractivity contribution in [2.24, 2.45) is 0 Å². The minimum Gasteiger partial charge on any atom is -0.276 e. The Kier molecular flexibility index (Phi) is 4.77. The van der Waals surface area contributed by atoms with Crippen LogP contribution >= 0.6 is 23.2 Å². The summed E-state index contributed by atoms with van der Waals surface area (Å²) >= 11 is 10.8. The van der Waals surface area contributed by atoms with Crippen LogP contribution in [0, 0.1) is 0 Å². The van der Waals surface area contributed by atoms with Gasteiger partial charge in [0.15, 0.2) is 9.84 Å². The zero-order chi connectivity index (χ0) is 12.2. The third kappa shape index (κ3) is 3.20. The van der Waals surface area contributed by atoms with Crippen LogP contribution in [0.5, 0.6) is 0 Å². The normalized spacial score (nSPS) is 11.4. The second kappa shape index (κ2) is 5.66. The summed E-state index contributed by atoms with van der Waals surface area (Å²) in [6.07, 6.45) is 0.342. The fourth-order valence-corrected chi connectivity index (χ4v) is 3.29. The first-order valence-corrected chi connectivity index (χ1v) is 7.13. The lowest BCUT2D eigenvalue weighted by Crippen LogP contribution is -2.11. The largest absolute Gasteiger partial charge is 0.276 e. The summed E-state index contributed by atoms with van der Waals surface area (Å²) in [6.45, 7) is 0. The SMILES string of the molecule is O=C(Cl)c1ccccc1S(=O)(=O)CCCCl. The van der Waals surface area contributed by atoms with Gasteiger partial charge in [0.05, 0.1) is 16.2 Å². The van der Waals surface area contributed by atoms with E-state index in [1.54, 1.807) is 12.1 Å². The molecule has 0 aliphatic rings. The van der Waals surface area contributed by atoms with Crippen molar-refractivity contribution in [2.75, 3.05) is 11.6 Å². The molecule has 0 radical (unpaired) electrons. The van der Waals surface area contributed by atoms with E-state index in [4.69, 9.17) is 23.2 Å². The van der Waals surface area contributed by atoms with Crippen molar-refractivity contribution in [1.29, 1.82) is 0 Å². The minimum absolute atomic E-state index is 0.0127. The molecule has 0 aliphatic heterocycles. The Balaban J connectivity index is 3.17. The zero-order valence-electron chi connectivity index (χ0n) is 8.32. The molecule has 0 unspecified atom stereocenters. The Hall–Kier alpha value is -0.580. The summed E-state index contributed by atoms with van der Waals surface area (Å²) in [5.41, 5.74) is 0.0127. The second-order valence-electron chi connectivity index (χ2n) is 3.13. The van der Waals surface area contributed by atoms with Gasteiger partial charge >= 0.3 is 0 Å². The molecule has 0 aromatic heterocycles. The standard InChI is InChI=1S/C10H10Cl2O3S/c11-6-3-7-16(14,15)9-5-2-1-4-8(9)10(12)13/h1-2,4-5H,3,6-7H2. The van der Waals surface area contributed by atoms with Crippen molar-refractivity contribution in [1.82, 2.24) is 0 Å². The lowest BCUT2D eigenvalue weighted by molar-refractivity contribution is 0.107. The summed E-state index contributed by atoms with van der Waals surface area (Å²) in [5, 5.41) is -0.773. The Bertz CT molecular complexity index is 483. The van der Waals surface area contributed by atoms with Crippen LogP contribution < -0.4 is 0 Å². The first kappa shape index (κ1) is 13.5. The highest BCUT2D eigenvalue weighted by atomic mass is 35.5. The molecule has 6 heteroatoms. The highest BCUT2D eigenvalue weighted by molar-refractivity contribution is 7.91. The van der Waals surface area contributed by atoms with Gasteiger partial charge < -0.3 is 0 Å². The maximum Gasteiger partial charge on any atom is 0.253 e. The molecule has 1 aromatic carbocycles. The summed E-state index contributed by atoms with van der Waals surface area (Å²) in [4.78, 5) is 11.0. The van der Waals surface area contributed by atoms with Crippen LogP contribution in [0.2, 0.25) is 0 Å². The fraction of sp³-hybridized carbons (Fsp3) is 0.300. The van der Waals surface area contributed by atoms with Crippen LogP contribution in [-0.4, -0.2) is 25.3 Å². The summed E-state index contributed by atoms with van der Waals surface area (Å²) in [5.74, 6) is 0.175. The minimum atomic E-state index is -3.49. The molecular weight excluding hydrogens is 271 g/mol. The summed E-state index contributed by atoms with van der Waals surface area (Å²) in [6, 6.07) is 5.88. The van der Waals surface area contributed by atoms with Crippen LogP contribution in [0.25, 0.3) is 0 Å². The third-order valence-electron chi connectivity index (χ3n) is 1.98. The topological polar surface area (TPSA) is 51.2 Å². The van der Waals surface area contributed by atoms with E-state index in [0.29, 0.717) is 6.42 Å². The molecule has 1 aromatic rings. The molecule has 1 rings (SSSR count). The van der Waals surface area contributed by atoms with E-state index in [9.17, 15) is 13.2 Å². The van der Waals surface area contributed by atoms with Gasteiger partial charge in [0, 0.05) is 5.88 Å². The Morgan fingerprint density at radius 3 is 2.44 bits per heavy atom. The summed E-state index contributed by atoms with van der Waals surface area (Å²) < 4.78 is 23.7. The fourth-order valence-electron chi connectivity index (χ4n) is 1.25. The molecule has 0 saturated carbocycles. The van der Waals surface area contributed by atoms with Gasteiger partial charge in [-0.1, -0.05) is 12.1 Å². The molecule has 0 saturated heterocycles. The zero-order valence-corrected chi connectivity index (χ0v) is 10.6. The van der Waals surface area contributed by atoms with Gasteiger partial charge in [0.25, 0.3) is 5.24 Å². The van der Waals surface area contributed by atoms with Crippen LogP contribution in [0.1, 0.15) is 16.8 Å². The number of hydrogen-bond donors (Lipinski definition) is 0. The molecule has 16 heavy (non-hydrogen) atoms. The number of hydrogen-bond acceptors (Lipinski definition) is 3. The number of benzene rings is 1. The number of alkyl halides is 1. The van der Waals surface area contributed by atoms with Gasteiger partial charge in [-0.3, -0.25) is 4.79 Å². The van der Waals surface area contributed by atoms with Crippen molar-refractivity contribution in [3.05, 3.63) is 29.8 Å². The molecule has 0 atom stereocenters. The molecule has 0 fully saturated rings. The van der Waals surface area contributed by atoms with Crippen molar-refractivity contribution in [2.45, 2.75) is 11.3 Å². The predicted molar refractivity (Wildman–Crippen MR) is 64.0 cm³/mol. The highest BCUT2D eigenvalue weighted by Crippen LogP contribution is 2.19. The van der Waals surface area contributed by atoms with Crippen molar-refractivity contribution < 1.29 is 13.2 Å². The average Bonchev–Trinajstić information content (AvgIpc) is 2.26. The van der Waals surface area contributed by atoms with E-state index in [1.165, 1.54) is 12.1 Å². The predicted octanol–water partition coefficient (Wildman–Crippen LogP) is 2.47. The van der Waals surface area contributed by atoms with Gasteiger partial charge in [0.1, 0.15) is 0 Å². The molecule has 0 aliphatic carbocycles. The van der Waals surface area contributed by atoms with Gasteiger partial charge in [-0.05, 0) is 30.2 Å². The lowest BCUT2D eigenvalue weighted by atomic mass is 10.2. The van der Waals surface area contributed by atoms with Crippen LogP contribution in [-0.2, 0) is 9.84 Å². The van der Waals surface area contributed by atoms with Gasteiger partial charge in [0.2, 0.25) is 0 Å². The Morgan fingerprint density at radius 2 is 1.88 bits per heavy atom. The molecule has 3 nitrogen and oxygen atoms in total. The van der Waals surface area contributed by atoms with Gasteiger partial charge in [-0.25, -0.2) is 8.42 Å². The van der Waals surface area contributed by atoms with E-state index >= 15 is 0 Å². The van der Waals surface area contributed by atoms with Gasteiger partial charge in [-0.15, -0.1) is 11.6 Å². The molecule has 0 bridgehead atoms. The number of sulfone groups is 1. The second-order valence-corrected chi connectivity index (χ2v) is 5.93. The highest BCUT2D eigenvalue weighted by Gasteiger charge is 2.20. The van der Waals surface area contributed by atoms with E-state index in [-0.39, 0.29) is 22.1 Å². The number of carbonyl (C=O) groups excluding carboxylic acids is 1. The first-order valence-electron chi connectivity index (χ1n) is 4.56. The molecular formula is C10H10Cl2O3S. The van der Waals surface area contributed by atoms with Gasteiger partial charge in [-0.2, -0.15) is 0 Å². The van der Waals surface area contributed by atoms with Crippen molar-refractivity contribution in [3.8, 4) is 0 Å². The molecule has 88 valence electrons. The first-order chi connectivity index (χ1) is 7.49. The lowest BCUT2D eigenvalue weighted by Gasteiger charge is -2.06. The Morgan fingerprint density at radius 1 is 1.25 bits per heavy atom. The molecule has 0 N–H and O–H groups in total. The quantitative estimate of drug-likeness (QED) is 0.615. The number of rotatable bonds is 5. The van der Waals surface area contributed by atoms with Crippen molar-refractivity contribution >= 4 is 38.3 Å². The molecule has 0 spiro atoms. The molecule has 0 amide bonds. The number of carbonyl (C=O) groups is 1. The third-order valence-corrected chi connectivity index (χ3v) is 4.30. The summed E-state index contributed by atoms with van der Waals surface area (Å²) in [7, 11) is -3.49. The Labute approximate surface area is 104 Å². The van der Waals surface area contributed by atoms with Crippen LogP contribution in [0.4, 0.5) is 0 Å². The van der Waals surface area contributed by atoms with E-state index in [2.05, 4.69) is 0 Å². The smallest absolute Gasteiger partial charge is 0.253 e. The monoisotopic (exact) mass is 280 g/mol. The van der Waals surface area contributed by atoms with Crippen LogP contribution in [0.15, 0.2) is 29.2 Å². The maximum atomic E-state index is 11.8. The van der Waals surface area contributed by atoms with E-state index in [1.807, 2.05) is 0 Å².